The van der Waals surface area contributed by atoms with Gasteiger partial charge in [-0.05, 0) is 31.2 Å². The van der Waals surface area contributed by atoms with Crippen molar-refractivity contribution in [2.75, 3.05) is 32.4 Å². The Morgan fingerprint density at radius 1 is 1.27 bits per heavy atom. The number of benzene rings is 1. The van der Waals surface area contributed by atoms with E-state index in [1.165, 1.54) is 5.56 Å². The van der Waals surface area contributed by atoms with Gasteiger partial charge in [0, 0.05) is 26.7 Å². The van der Waals surface area contributed by atoms with Crippen molar-refractivity contribution >= 4 is 39.8 Å². The quantitative estimate of drug-likeness (QED) is 0.398. The monoisotopic (exact) mass is 493 g/mol. The molecule has 0 aromatic heterocycles. The second-order valence-corrected chi connectivity index (χ2v) is 11.0. The highest BCUT2D eigenvalue weighted by Gasteiger charge is 2.41. The number of hydrogen-bond acceptors (Lipinski definition) is 3. The standard InChI is InChI=1S/C19H31N3O2S.HI/c1-18(2,13-16-9-7-6-8-10-16)14-21-17(20-5)22-11-12-25(23,24)19(3,4)15-22;/h6-10H,11-15H2,1-5H3,(H,20,21);1H. The van der Waals surface area contributed by atoms with E-state index in [9.17, 15) is 8.42 Å². The lowest BCUT2D eigenvalue weighted by Gasteiger charge is -2.40. The SMILES string of the molecule is CN=C(NCC(C)(C)Cc1ccccc1)N1CCS(=O)(=O)C(C)(C)C1.I. The average molecular weight is 493 g/mol. The lowest BCUT2D eigenvalue weighted by molar-refractivity contribution is 0.326. The van der Waals surface area contributed by atoms with E-state index in [1.807, 2.05) is 6.07 Å². The molecule has 0 amide bonds. The summed E-state index contributed by atoms with van der Waals surface area (Å²) in [5.74, 6) is 0.956. The van der Waals surface area contributed by atoms with Crippen LogP contribution in [0.5, 0.6) is 0 Å². The summed E-state index contributed by atoms with van der Waals surface area (Å²) in [4.78, 5) is 6.43. The highest BCUT2D eigenvalue weighted by Crippen LogP contribution is 2.24. The van der Waals surface area contributed by atoms with Gasteiger partial charge in [0.15, 0.2) is 15.8 Å². The van der Waals surface area contributed by atoms with Crippen LogP contribution in [0.1, 0.15) is 33.3 Å². The number of halogens is 1. The maximum Gasteiger partial charge on any atom is 0.193 e. The second-order valence-electron chi connectivity index (χ2n) is 8.23. The molecule has 1 saturated heterocycles. The van der Waals surface area contributed by atoms with Crippen molar-refractivity contribution in [3.8, 4) is 0 Å². The van der Waals surface area contributed by atoms with E-state index < -0.39 is 14.6 Å². The molecule has 1 N–H and O–H groups in total. The summed E-state index contributed by atoms with van der Waals surface area (Å²) in [5, 5.41) is 3.45. The van der Waals surface area contributed by atoms with E-state index in [4.69, 9.17) is 0 Å². The minimum absolute atomic E-state index is 0. The predicted octanol–water partition coefficient (Wildman–Crippen LogP) is 2.96. The Balaban J connectivity index is 0.00000338. The van der Waals surface area contributed by atoms with E-state index in [-0.39, 0.29) is 35.1 Å². The molecule has 148 valence electrons. The Labute approximate surface area is 175 Å². The van der Waals surface area contributed by atoms with Crippen LogP contribution in [0, 0.1) is 5.41 Å². The Kier molecular flexibility index (Phi) is 7.95. The van der Waals surface area contributed by atoms with Crippen molar-refractivity contribution in [3.63, 3.8) is 0 Å². The molecular weight excluding hydrogens is 461 g/mol. The summed E-state index contributed by atoms with van der Waals surface area (Å²) in [6, 6.07) is 10.5. The molecule has 26 heavy (non-hydrogen) atoms. The second kappa shape index (κ2) is 8.91. The van der Waals surface area contributed by atoms with Gasteiger partial charge in [0.25, 0.3) is 0 Å². The number of nitrogens with zero attached hydrogens (tertiary/aromatic N) is 2. The lowest BCUT2D eigenvalue weighted by atomic mass is 9.86. The molecule has 7 heteroatoms. The summed E-state index contributed by atoms with van der Waals surface area (Å²) in [5.41, 5.74) is 1.38. The average Bonchev–Trinajstić information content (AvgIpc) is 2.52. The Bertz CT molecular complexity index is 716. The van der Waals surface area contributed by atoms with Gasteiger partial charge in [0.2, 0.25) is 0 Å². The highest BCUT2D eigenvalue weighted by atomic mass is 127. The van der Waals surface area contributed by atoms with Gasteiger partial charge in [-0.25, -0.2) is 8.42 Å². The smallest absolute Gasteiger partial charge is 0.193 e. The number of guanidine groups is 1. The fraction of sp³-hybridized carbons (Fsp3) is 0.632. The first-order valence-corrected chi connectivity index (χ1v) is 10.4. The zero-order valence-electron chi connectivity index (χ0n) is 16.4. The summed E-state index contributed by atoms with van der Waals surface area (Å²) in [6.45, 7) is 9.77. The van der Waals surface area contributed by atoms with Gasteiger partial charge >= 0.3 is 0 Å². The summed E-state index contributed by atoms with van der Waals surface area (Å²) in [7, 11) is -1.29. The van der Waals surface area contributed by atoms with Gasteiger partial charge in [-0.1, -0.05) is 44.2 Å². The minimum Gasteiger partial charge on any atom is -0.356 e. The van der Waals surface area contributed by atoms with Gasteiger partial charge in [0.05, 0.1) is 10.5 Å². The van der Waals surface area contributed by atoms with E-state index in [1.54, 1.807) is 20.9 Å². The number of nitrogens with one attached hydrogen (secondary N) is 1. The molecule has 0 bridgehead atoms. The largest absolute Gasteiger partial charge is 0.356 e. The van der Waals surface area contributed by atoms with Crippen LogP contribution in [-0.4, -0.2) is 56.5 Å². The van der Waals surface area contributed by atoms with Gasteiger partial charge in [-0.3, -0.25) is 4.99 Å². The predicted molar refractivity (Wildman–Crippen MR) is 120 cm³/mol. The number of rotatable bonds is 4. The molecule has 1 fully saturated rings. The maximum atomic E-state index is 12.2. The molecule has 0 unspecified atom stereocenters. The molecule has 1 aromatic carbocycles. The van der Waals surface area contributed by atoms with Crippen molar-refractivity contribution < 1.29 is 8.42 Å². The molecule has 0 atom stereocenters. The van der Waals surface area contributed by atoms with Crippen LogP contribution in [0.25, 0.3) is 0 Å². The Morgan fingerprint density at radius 3 is 2.42 bits per heavy atom. The van der Waals surface area contributed by atoms with Crippen LogP contribution < -0.4 is 5.32 Å². The Morgan fingerprint density at radius 2 is 1.88 bits per heavy atom. The van der Waals surface area contributed by atoms with E-state index in [0.29, 0.717) is 13.1 Å². The van der Waals surface area contributed by atoms with Crippen molar-refractivity contribution in [3.05, 3.63) is 35.9 Å². The van der Waals surface area contributed by atoms with Crippen molar-refractivity contribution in [1.29, 1.82) is 0 Å². The molecule has 1 aliphatic rings. The zero-order chi connectivity index (χ0) is 18.7. The van der Waals surface area contributed by atoms with E-state index >= 15 is 0 Å². The van der Waals surface area contributed by atoms with Gasteiger partial charge in [-0.2, -0.15) is 0 Å². The molecule has 2 rings (SSSR count). The minimum atomic E-state index is -3.04. The molecular formula is C19H32IN3O2S. The van der Waals surface area contributed by atoms with Crippen LogP contribution in [0.2, 0.25) is 0 Å². The first kappa shape index (κ1) is 23.2. The van der Waals surface area contributed by atoms with Crippen LogP contribution >= 0.6 is 24.0 Å². The van der Waals surface area contributed by atoms with Crippen molar-refractivity contribution in [2.24, 2.45) is 10.4 Å². The number of hydrogen-bond donors (Lipinski definition) is 1. The van der Waals surface area contributed by atoms with Gasteiger partial charge in [-0.15, -0.1) is 24.0 Å². The fourth-order valence-electron chi connectivity index (χ4n) is 3.19. The molecule has 0 aliphatic carbocycles. The third-order valence-corrected chi connectivity index (χ3v) is 7.34. The summed E-state index contributed by atoms with van der Waals surface area (Å²) in [6.07, 6.45) is 0.970. The molecule has 1 aromatic rings. The van der Waals surface area contributed by atoms with Crippen molar-refractivity contribution in [1.82, 2.24) is 10.2 Å². The van der Waals surface area contributed by atoms with E-state index in [0.717, 1.165) is 18.9 Å². The van der Waals surface area contributed by atoms with Crippen LogP contribution in [0.3, 0.4) is 0 Å². The number of aliphatic imine (C=N–C) groups is 1. The summed E-state index contributed by atoms with van der Waals surface area (Å²) >= 11 is 0. The first-order chi connectivity index (χ1) is 11.6. The van der Waals surface area contributed by atoms with Gasteiger partial charge < -0.3 is 10.2 Å². The normalized spacial score (nSPS) is 19.6. The lowest BCUT2D eigenvalue weighted by Crippen LogP contribution is -2.57. The first-order valence-electron chi connectivity index (χ1n) is 8.78. The maximum absolute atomic E-state index is 12.2. The van der Waals surface area contributed by atoms with E-state index in [2.05, 4.69) is 53.3 Å². The van der Waals surface area contributed by atoms with Gasteiger partial charge in [0.1, 0.15) is 0 Å². The third kappa shape index (κ3) is 5.84. The number of sulfone groups is 1. The van der Waals surface area contributed by atoms with Crippen LogP contribution in [-0.2, 0) is 16.3 Å². The molecule has 0 saturated carbocycles. The topological polar surface area (TPSA) is 61.8 Å². The fourth-order valence-corrected chi connectivity index (χ4v) is 4.55. The summed E-state index contributed by atoms with van der Waals surface area (Å²) < 4.78 is 23.6. The molecule has 5 nitrogen and oxygen atoms in total. The highest BCUT2D eigenvalue weighted by molar-refractivity contribution is 14.0. The molecule has 1 aliphatic heterocycles. The molecule has 0 radical (unpaired) electrons. The Hall–Kier alpha value is -0.830. The van der Waals surface area contributed by atoms with Crippen molar-refractivity contribution in [2.45, 2.75) is 38.9 Å². The molecule has 0 spiro atoms. The van der Waals surface area contributed by atoms with Crippen LogP contribution in [0.15, 0.2) is 35.3 Å². The van der Waals surface area contributed by atoms with Crippen LogP contribution in [0.4, 0.5) is 0 Å². The molecule has 1 heterocycles. The third-order valence-electron chi connectivity index (χ3n) is 4.81. The zero-order valence-corrected chi connectivity index (χ0v) is 19.6.